The first-order chi connectivity index (χ1) is 10.1. The summed E-state index contributed by atoms with van der Waals surface area (Å²) in [6.45, 7) is 5.19. The van der Waals surface area contributed by atoms with Crippen molar-refractivity contribution in [3.8, 4) is 0 Å². The molecule has 1 aliphatic carbocycles. The third-order valence-corrected chi connectivity index (χ3v) is 7.23. The Bertz CT molecular complexity index is 450. The fraction of sp³-hybridized carbons (Fsp3) is 1.00. The lowest BCUT2D eigenvalue weighted by Crippen LogP contribution is -2.50. The minimum atomic E-state index is -3.24. The highest BCUT2D eigenvalue weighted by Crippen LogP contribution is 2.28. The molecule has 3 aliphatic rings. The second-order valence-electron chi connectivity index (χ2n) is 6.87. The van der Waals surface area contributed by atoms with Crippen molar-refractivity contribution in [2.75, 3.05) is 26.2 Å². The van der Waals surface area contributed by atoms with Crippen molar-refractivity contribution in [3.05, 3.63) is 0 Å². The zero-order chi connectivity index (χ0) is 14.9. The van der Waals surface area contributed by atoms with E-state index in [2.05, 4.69) is 12.2 Å². The van der Waals surface area contributed by atoms with Crippen molar-refractivity contribution in [1.82, 2.24) is 13.9 Å². The lowest BCUT2D eigenvalue weighted by Gasteiger charge is -2.36. The van der Waals surface area contributed by atoms with Crippen LogP contribution in [0.3, 0.4) is 0 Å². The van der Waals surface area contributed by atoms with Gasteiger partial charge in [-0.15, -0.1) is 0 Å². The predicted molar refractivity (Wildman–Crippen MR) is 84.3 cm³/mol. The Morgan fingerprint density at radius 2 is 1.86 bits per heavy atom. The molecule has 1 N–H and O–H groups in total. The van der Waals surface area contributed by atoms with Crippen molar-refractivity contribution >= 4 is 10.2 Å². The van der Waals surface area contributed by atoms with Crippen LogP contribution in [0.5, 0.6) is 0 Å². The Balaban J connectivity index is 1.60. The van der Waals surface area contributed by atoms with E-state index in [1.54, 1.807) is 8.61 Å². The molecular formula is C15H29N3O2S. The third-order valence-electron chi connectivity index (χ3n) is 5.17. The average molecular weight is 315 g/mol. The number of piperidine rings is 1. The van der Waals surface area contributed by atoms with Gasteiger partial charge in [0.25, 0.3) is 10.2 Å². The van der Waals surface area contributed by atoms with Crippen LogP contribution in [0.4, 0.5) is 0 Å². The summed E-state index contributed by atoms with van der Waals surface area (Å²) >= 11 is 0. The van der Waals surface area contributed by atoms with Crippen LogP contribution in [0.25, 0.3) is 0 Å². The molecule has 2 saturated heterocycles. The quantitative estimate of drug-likeness (QED) is 0.809. The van der Waals surface area contributed by atoms with Gasteiger partial charge in [-0.25, -0.2) is 0 Å². The van der Waals surface area contributed by atoms with E-state index in [0.717, 1.165) is 38.6 Å². The molecule has 2 atom stereocenters. The van der Waals surface area contributed by atoms with Gasteiger partial charge in [-0.2, -0.15) is 17.0 Å². The van der Waals surface area contributed by atoms with E-state index in [1.165, 1.54) is 12.8 Å². The van der Waals surface area contributed by atoms with Crippen LogP contribution >= 0.6 is 0 Å². The topological polar surface area (TPSA) is 52.7 Å². The SMILES string of the molecule is CCC1CCCN1S(=O)(=O)N1CCCC(CNC2CC2)C1. The van der Waals surface area contributed by atoms with Crippen LogP contribution in [0.2, 0.25) is 0 Å². The highest BCUT2D eigenvalue weighted by atomic mass is 32.2. The van der Waals surface area contributed by atoms with E-state index in [4.69, 9.17) is 0 Å². The molecule has 0 aromatic rings. The summed E-state index contributed by atoms with van der Waals surface area (Å²) in [7, 11) is -3.24. The average Bonchev–Trinajstić information content (AvgIpc) is 3.19. The van der Waals surface area contributed by atoms with E-state index in [1.807, 2.05) is 0 Å². The molecule has 21 heavy (non-hydrogen) atoms. The summed E-state index contributed by atoms with van der Waals surface area (Å²) in [6.07, 6.45) is 7.71. The number of rotatable bonds is 6. The van der Waals surface area contributed by atoms with Gasteiger partial charge >= 0.3 is 0 Å². The molecule has 2 aliphatic heterocycles. The monoisotopic (exact) mass is 315 g/mol. The number of hydrogen-bond donors (Lipinski definition) is 1. The largest absolute Gasteiger partial charge is 0.314 e. The zero-order valence-corrected chi connectivity index (χ0v) is 13.9. The summed E-state index contributed by atoms with van der Waals surface area (Å²) in [5.74, 6) is 0.483. The standard InChI is InChI=1S/C15H29N3O2S/c1-2-15-6-4-10-18(15)21(19,20)17-9-3-5-13(12-17)11-16-14-7-8-14/h13-16H,2-12H2,1H3. The Kier molecular flexibility index (Phi) is 4.88. The highest BCUT2D eigenvalue weighted by Gasteiger charge is 2.39. The Morgan fingerprint density at radius 3 is 2.57 bits per heavy atom. The second-order valence-corrected chi connectivity index (χ2v) is 8.75. The van der Waals surface area contributed by atoms with Crippen LogP contribution in [0.15, 0.2) is 0 Å². The molecule has 5 nitrogen and oxygen atoms in total. The fourth-order valence-corrected chi connectivity index (χ4v) is 5.74. The second kappa shape index (κ2) is 6.52. The van der Waals surface area contributed by atoms with Gasteiger partial charge in [-0.05, 0) is 57.4 Å². The van der Waals surface area contributed by atoms with E-state index < -0.39 is 10.2 Å². The molecule has 0 radical (unpaired) electrons. The first kappa shape index (κ1) is 15.7. The van der Waals surface area contributed by atoms with Crippen molar-refractivity contribution in [3.63, 3.8) is 0 Å². The molecule has 2 heterocycles. The van der Waals surface area contributed by atoms with Gasteiger partial charge in [0.2, 0.25) is 0 Å². The summed E-state index contributed by atoms with van der Waals surface area (Å²) in [4.78, 5) is 0. The maximum absolute atomic E-state index is 12.9. The number of hydrogen-bond acceptors (Lipinski definition) is 3. The van der Waals surface area contributed by atoms with E-state index in [9.17, 15) is 8.42 Å². The van der Waals surface area contributed by atoms with E-state index in [0.29, 0.717) is 31.6 Å². The molecule has 0 bridgehead atoms. The molecule has 0 aromatic carbocycles. The van der Waals surface area contributed by atoms with Crippen LogP contribution in [0.1, 0.15) is 51.9 Å². The molecule has 0 spiro atoms. The van der Waals surface area contributed by atoms with E-state index >= 15 is 0 Å². The molecule has 2 unspecified atom stereocenters. The summed E-state index contributed by atoms with van der Waals surface area (Å²) in [5, 5.41) is 3.55. The van der Waals surface area contributed by atoms with Crippen LogP contribution < -0.4 is 5.32 Å². The molecular weight excluding hydrogens is 286 g/mol. The van der Waals surface area contributed by atoms with Gasteiger partial charge in [0.15, 0.2) is 0 Å². The van der Waals surface area contributed by atoms with Crippen molar-refractivity contribution in [1.29, 1.82) is 0 Å². The smallest absolute Gasteiger partial charge is 0.282 e. The van der Waals surface area contributed by atoms with Gasteiger partial charge < -0.3 is 5.32 Å². The first-order valence-corrected chi connectivity index (χ1v) is 10.0. The Morgan fingerprint density at radius 1 is 1.10 bits per heavy atom. The predicted octanol–water partition coefficient (Wildman–Crippen LogP) is 1.57. The maximum atomic E-state index is 12.9. The molecule has 0 aromatic heterocycles. The molecule has 1 saturated carbocycles. The van der Waals surface area contributed by atoms with Gasteiger partial charge in [-0.1, -0.05) is 6.92 Å². The van der Waals surface area contributed by atoms with Gasteiger partial charge in [-0.3, -0.25) is 0 Å². The summed E-state index contributed by atoms with van der Waals surface area (Å²) in [5.41, 5.74) is 0. The lowest BCUT2D eigenvalue weighted by molar-refractivity contribution is 0.237. The third kappa shape index (κ3) is 3.60. The molecule has 3 rings (SSSR count). The molecule has 0 amide bonds. The first-order valence-electron chi connectivity index (χ1n) is 8.61. The minimum Gasteiger partial charge on any atom is -0.314 e. The summed E-state index contributed by atoms with van der Waals surface area (Å²) in [6, 6.07) is 0.931. The maximum Gasteiger partial charge on any atom is 0.282 e. The minimum absolute atomic E-state index is 0.222. The van der Waals surface area contributed by atoms with Crippen molar-refractivity contribution in [2.45, 2.75) is 64.0 Å². The fourth-order valence-electron chi connectivity index (χ4n) is 3.69. The molecule has 6 heteroatoms. The molecule has 122 valence electrons. The normalized spacial score (nSPS) is 32.6. The van der Waals surface area contributed by atoms with Crippen molar-refractivity contribution < 1.29 is 8.42 Å². The lowest BCUT2D eigenvalue weighted by atomic mass is 10.00. The van der Waals surface area contributed by atoms with Crippen LogP contribution in [-0.2, 0) is 10.2 Å². The number of nitrogens with one attached hydrogen (secondary N) is 1. The van der Waals surface area contributed by atoms with E-state index in [-0.39, 0.29) is 6.04 Å². The van der Waals surface area contributed by atoms with Gasteiger partial charge in [0.1, 0.15) is 0 Å². The van der Waals surface area contributed by atoms with Crippen LogP contribution in [0, 0.1) is 5.92 Å². The van der Waals surface area contributed by atoms with Crippen molar-refractivity contribution in [2.24, 2.45) is 5.92 Å². The highest BCUT2D eigenvalue weighted by molar-refractivity contribution is 7.86. The Hall–Kier alpha value is -0.170. The Labute approximate surface area is 129 Å². The van der Waals surface area contributed by atoms with Gasteiger partial charge in [0.05, 0.1) is 0 Å². The zero-order valence-electron chi connectivity index (χ0n) is 13.1. The summed E-state index contributed by atoms with van der Waals surface area (Å²) < 4.78 is 29.3. The van der Waals surface area contributed by atoms with Gasteiger partial charge in [0, 0.05) is 31.7 Å². The number of nitrogens with zero attached hydrogens (tertiary/aromatic N) is 2. The van der Waals surface area contributed by atoms with Crippen LogP contribution in [-0.4, -0.2) is 55.3 Å². The molecule has 3 fully saturated rings.